The van der Waals surface area contributed by atoms with Gasteiger partial charge in [-0.15, -0.1) is 0 Å². The maximum absolute atomic E-state index is 5.45. The molecule has 4 heteroatoms. The fraction of sp³-hybridized carbons (Fsp3) is 0.417. The molecule has 1 atom stereocenters. The summed E-state index contributed by atoms with van der Waals surface area (Å²) in [5.74, 6) is 0.983. The van der Waals surface area contributed by atoms with Crippen LogP contribution in [-0.4, -0.2) is 42.7 Å². The summed E-state index contributed by atoms with van der Waals surface area (Å²) in [4.78, 5) is 12.2. The molecule has 1 aromatic rings. The first-order valence-corrected chi connectivity index (χ1v) is 5.58. The first kappa shape index (κ1) is 9.66. The Morgan fingerprint density at radius 2 is 2.12 bits per heavy atom. The van der Waals surface area contributed by atoms with Gasteiger partial charge < -0.3 is 4.90 Å². The van der Waals surface area contributed by atoms with E-state index in [0.717, 1.165) is 25.6 Å². The summed E-state index contributed by atoms with van der Waals surface area (Å²) in [6.45, 7) is 2.87. The maximum Gasteiger partial charge on any atom is 0.221 e. The van der Waals surface area contributed by atoms with Gasteiger partial charge in [0.25, 0.3) is 0 Å². The van der Waals surface area contributed by atoms with Gasteiger partial charge >= 0.3 is 0 Å². The quantitative estimate of drug-likeness (QED) is 0.747. The summed E-state index contributed by atoms with van der Waals surface area (Å²) in [5.41, 5.74) is 1.28. The number of hydroxylamine groups is 2. The zero-order valence-electron chi connectivity index (χ0n) is 9.34. The monoisotopic (exact) mass is 217 g/mol. The number of nitrogens with zero attached hydrogens (tertiary/aromatic N) is 3. The highest BCUT2D eigenvalue weighted by Gasteiger charge is 2.38. The summed E-state index contributed by atoms with van der Waals surface area (Å²) in [5, 5.41) is 1.92. The lowest BCUT2D eigenvalue weighted by Crippen LogP contribution is -2.30. The molecule has 0 saturated carbocycles. The van der Waals surface area contributed by atoms with E-state index in [2.05, 4.69) is 34.2 Å². The van der Waals surface area contributed by atoms with Crippen molar-refractivity contribution in [2.24, 2.45) is 4.99 Å². The zero-order chi connectivity index (χ0) is 11.0. The lowest BCUT2D eigenvalue weighted by Gasteiger charge is -2.21. The van der Waals surface area contributed by atoms with E-state index in [9.17, 15) is 0 Å². The van der Waals surface area contributed by atoms with Crippen LogP contribution in [0.25, 0.3) is 0 Å². The third-order valence-corrected chi connectivity index (χ3v) is 3.16. The Labute approximate surface area is 95.1 Å². The van der Waals surface area contributed by atoms with Gasteiger partial charge in [0, 0.05) is 13.1 Å². The molecule has 84 valence electrons. The van der Waals surface area contributed by atoms with E-state index in [-0.39, 0.29) is 6.04 Å². The summed E-state index contributed by atoms with van der Waals surface area (Å²) >= 11 is 0. The Morgan fingerprint density at radius 1 is 1.31 bits per heavy atom. The maximum atomic E-state index is 5.45. The van der Waals surface area contributed by atoms with Crippen molar-refractivity contribution >= 4 is 5.96 Å². The fourth-order valence-electron chi connectivity index (χ4n) is 2.40. The largest absolute Gasteiger partial charge is 0.337 e. The minimum absolute atomic E-state index is 0.269. The second-order valence-corrected chi connectivity index (χ2v) is 4.06. The highest BCUT2D eigenvalue weighted by Crippen LogP contribution is 2.30. The summed E-state index contributed by atoms with van der Waals surface area (Å²) in [6, 6.07) is 10.7. The molecule has 0 bridgehead atoms. The van der Waals surface area contributed by atoms with Gasteiger partial charge in [-0.25, -0.2) is 10.1 Å². The van der Waals surface area contributed by atoms with Gasteiger partial charge in [0.15, 0.2) is 0 Å². The van der Waals surface area contributed by atoms with E-state index in [1.807, 2.05) is 11.1 Å². The van der Waals surface area contributed by atoms with Gasteiger partial charge in [0.1, 0.15) is 6.04 Å². The number of benzene rings is 1. The number of aliphatic imine (C=N–C) groups is 1. The molecule has 1 aromatic carbocycles. The predicted octanol–water partition coefficient (Wildman–Crippen LogP) is 1.28. The summed E-state index contributed by atoms with van der Waals surface area (Å²) in [6.07, 6.45) is 0. The molecule has 1 unspecified atom stereocenters. The Hall–Kier alpha value is -1.55. The normalized spacial score (nSPS) is 23.6. The van der Waals surface area contributed by atoms with Gasteiger partial charge in [0.05, 0.1) is 13.7 Å². The van der Waals surface area contributed by atoms with Crippen LogP contribution in [0.2, 0.25) is 0 Å². The molecule has 0 spiro atoms. The van der Waals surface area contributed by atoms with Crippen molar-refractivity contribution in [3.05, 3.63) is 35.9 Å². The average Bonchev–Trinajstić information content (AvgIpc) is 2.89. The van der Waals surface area contributed by atoms with E-state index in [4.69, 9.17) is 4.84 Å². The number of guanidine groups is 1. The van der Waals surface area contributed by atoms with Crippen molar-refractivity contribution in [2.75, 3.05) is 26.7 Å². The number of hydrogen-bond donors (Lipinski definition) is 0. The van der Waals surface area contributed by atoms with Crippen LogP contribution in [0.5, 0.6) is 0 Å². The smallest absolute Gasteiger partial charge is 0.221 e. The lowest BCUT2D eigenvalue weighted by atomic mass is 10.1. The molecule has 2 heterocycles. The molecule has 0 aromatic heterocycles. The van der Waals surface area contributed by atoms with Crippen LogP contribution in [0, 0.1) is 0 Å². The fourth-order valence-corrected chi connectivity index (χ4v) is 2.40. The standard InChI is InChI=1S/C12H15N3O/c1-16-15-11(10-5-3-2-4-6-10)9-14-8-7-13-12(14)15/h2-6,11H,7-9H2,1H3. The van der Waals surface area contributed by atoms with Crippen molar-refractivity contribution in [1.29, 1.82) is 0 Å². The SMILES string of the molecule is CON1C2=NCCN2CC1c1ccccc1. The van der Waals surface area contributed by atoms with Crippen LogP contribution in [0.1, 0.15) is 11.6 Å². The van der Waals surface area contributed by atoms with Crippen LogP contribution in [-0.2, 0) is 4.84 Å². The van der Waals surface area contributed by atoms with Crippen LogP contribution < -0.4 is 0 Å². The van der Waals surface area contributed by atoms with E-state index in [1.54, 1.807) is 7.11 Å². The summed E-state index contributed by atoms with van der Waals surface area (Å²) in [7, 11) is 1.71. The molecular weight excluding hydrogens is 202 g/mol. The van der Waals surface area contributed by atoms with Crippen molar-refractivity contribution in [3.63, 3.8) is 0 Å². The van der Waals surface area contributed by atoms with Gasteiger partial charge in [0.2, 0.25) is 5.96 Å². The van der Waals surface area contributed by atoms with E-state index in [0.29, 0.717) is 0 Å². The van der Waals surface area contributed by atoms with E-state index < -0.39 is 0 Å². The average molecular weight is 217 g/mol. The second kappa shape index (κ2) is 3.79. The van der Waals surface area contributed by atoms with Crippen LogP contribution in [0.4, 0.5) is 0 Å². The summed E-state index contributed by atoms with van der Waals surface area (Å²) < 4.78 is 0. The molecule has 4 nitrogen and oxygen atoms in total. The van der Waals surface area contributed by atoms with E-state index in [1.165, 1.54) is 5.56 Å². The number of fused-ring (bicyclic) bond motifs is 1. The van der Waals surface area contributed by atoms with Crippen molar-refractivity contribution in [1.82, 2.24) is 9.96 Å². The second-order valence-electron chi connectivity index (χ2n) is 4.06. The molecular formula is C12H15N3O. The Bertz CT molecular complexity index is 404. The number of rotatable bonds is 2. The molecule has 0 radical (unpaired) electrons. The first-order valence-electron chi connectivity index (χ1n) is 5.58. The molecule has 0 amide bonds. The predicted molar refractivity (Wildman–Crippen MR) is 61.9 cm³/mol. The molecule has 1 fully saturated rings. The van der Waals surface area contributed by atoms with Gasteiger partial charge in [-0.05, 0) is 5.56 Å². The van der Waals surface area contributed by atoms with Gasteiger partial charge in [-0.1, -0.05) is 30.3 Å². The lowest BCUT2D eigenvalue weighted by molar-refractivity contribution is -0.0860. The molecule has 0 aliphatic carbocycles. The molecule has 0 N–H and O–H groups in total. The third kappa shape index (κ3) is 1.38. The van der Waals surface area contributed by atoms with Gasteiger partial charge in [-0.3, -0.25) is 4.84 Å². The highest BCUT2D eigenvalue weighted by molar-refractivity contribution is 5.83. The van der Waals surface area contributed by atoms with Crippen molar-refractivity contribution < 1.29 is 4.84 Å². The van der Waals surface area contributed by atoms with Crippen LogP contribution in [0.15, 0.2) is 35.3 Å². The Kier molecular flexibility index (Phi) is 2.29. The molecule has 3 rings (SSSR count). The molecule has 2 aliphatic heterocycles. The third-order valence-electron chi connectivity index (χ3n) is 3.16. The minimum atomic E-state index is 0.269. The Morgan fingerprint density at radius 3 is 2.88 bits per heavy atom. The van der Waals surface area contributed by atoms with Crippen LogP contribution >= 0.6 is 0 Å². The number of hydrogen-bond acceptors (Lipinski definition) is 4. The zero-order valence-corrected chi connectivity index (χ0v) is 9.34. The molecule has 1 saturated heterocycles. The highest BCUT2D eigenvalue weighted by atomic mass is 16.7. The first-order chi connectivity index (χ1) is 7.90. The van der Waals surface area contributed by atoms with Gasteiger partial charge in [-0.2, -0.15) is 0 Å². The minimum Gasteiger partial charge on any atom is -0.337 e. The molecule has 16 heavy (non-hydrogen) atoms. The van der Waals surface area contributed by atoms with E-state index >= 15 is 0 Å². The molecule has 2 aliphatic rings. The Balaban J connectivity index is 1.92. The van der Waals surface area contributed by atoms with Crippen molar-refractivity contribution in [3.8, 4) is 0 Å². The van der Waals surface area contributed by atoms with Crippen LogP contribution in [0.3, 0.4) is 0 Å². The van der Waals surface area contributed by atoms with Crippen molar-refractivity contribution in [2.45, 2.75) is 6.04 Å². The topological polar surface area (TPSA) is 28.1 Å².